The first-order valence-corrected chi connectivity index (χ1v) is 12.8. The van der Waals surface area contributed by atoms with Crippen molar-refractivity contribution in [2.24, 2.45) is 0 Å². The van der Waals surface area contributed by atoms with E-state index in [0.29, 0.717) is 33.5 Å². The zero-order valence-corrected chi connectivity index (χ0v) is 22.2. The summed E-state index contributed by atoms with van der Waals surface area (Å²) in [6, 6.07) is 18.9. The Hall–Kier alpha value is -4.75. The van der Waals surface area contributed by atoms with Gasteiger partial charge < -0.3 is 20.5 Å². The van der Waals surface area contributed by atoms with Crippen molar-refractivity contribution < 1.29 is 24.3 Å². The summed E-state index contributed by atoms with van der Waals surface area (Å²) in [7, 11) is 1.51. The highest BCUT2D eigenvalue weighted by Gasteiger charge is 2.39. The summed E-state index contributed by atoms with van der Waals surface area (Å²) in [5.41, 5.74) is 2.20. The van der Waals surface area contributed by atoms with Gasteiger partial charge in [0.15, 0.2) is 5.13 Å². The van der Waals surface area contributed by atoms with Crippen LogP contribution in [0.3, 0.4) is 0 Å². The number of rotatable bonds is 8. The van der Waals surface area contributed by atoms with Gasteiger partial charge in [-0.3, -0.25) is 24.9 Å². The van der Waals surface area contributed by atoms with Crippen molar-refractivity contribution in [2.45, 2.75) is 0 Å². The number of hydrogen-bond acceptors (Lipinski definition) is 10. The Labute approximate surface area is 236 Å². The van der Waals surface area contributed by atoms with Crippen LogP contribution < -0.4 is 25.5 Å². The molecule has 0 aliphatic carbocycles. The minimum absolute atomic E-state index is 0.0789. The molecule has 1 aromatic heterocycles. The van der Waals surface area contributed by atoms with Crippen LogP contribution in [-0.4, -0.2) is 35.0 Å². The number of carbonyl (C=O) groups excluding carboxylic acids is 3. The highest BCUT2D eigenvalue weighted by molar-refractivity contribution is 7.14. The highest BCUT2D eigenvalue weighted by Crippen LogP contribution is 2.31. The molecule has 13 heteroatoms. The van der Waals surface area contributed by atoms with Crippen LogP contribution in [0.2, 0.25) is 0 Å². The number of methoxy groups -OCH3 is 1. The van der Waals surface area contributed by atoms with Crippen LogP contribution in [0.25, 0.3) is 11.3 Å². The lowest BCUT2D eigenvalue weighted by molar-refractivity contribution is -0.120. The molecular weight excluding hydrogens is 558 g/mol. The van der Waals surface area contributed by atoms with Crippen molar-refractivity contribution in [1.29, 1.82) is 0 Å². The van der Waals surface area contributed by atoms with Crippen molar-refractivity contribution in [3.8, 4) is 17.0 Å². The van der Waals surface area contributed by atoms with Gasteiger partial charge in [-0.1, -0.05) is 29.8 Å². The number of nitrogens with zero attached hydrogens (tertiary/aromatic N) is 3. The second kappa shape index (κ2) is 11.2. The predicted molar refractivity (Wildman–Crippen MR) is 152 cm³/mol. The fraction of sp³-hybridized carbons (Fsp3) is 0.0370. The fourth-order valence-electron chi connectivity index (χ4n) is 3.85. The summed E-state index contributed by atoms with van der Waals surface area (Å²) in [6.07, 6.45) is 0. The monoisotopic (exact) mass is 576 g/mol. The van der Waals surface area contributed by atoms with E-state index in [1.54, 1.807) is 60.0 Å². The maximum atomic E-state index is 13.1. The van der Waals surface area contributed by atoms with Crippen LogP contribution in [-0.2, 0) is 9.59 Å². The lowest BCUT2D eigenvalue weighted by atomic mass is 10.1. The van der Waals surface area contributed by atoms with Gasteiger partial charge in [0.1, 0.15) is 16.5 Å². The number of thiazole rings is 1. The van der Waals surface area contributed by atoms with Gasteiger partial charge in [-0.2, -0.15) is 0 Å². The zero-order chi connectivity index (χ0) is 28.4. The molecule has 0 atom stereocenters. The third-order valence-corrected chi connectivity index (χ3v) is 6.97. The predicted octanol–water partition coefficient (Wildman–Crippen LogP) is 5.20. The molecular formula is C27H19ClN5O6S-. The van der Waals surface area contributed by atoms with E-state index in [0.717, 1.165) is 4.90 Å². The van der Waals surface area contributed by atoms with Crippen LogP contribution in [0, 0.1) is 5.21 Å². The van der Waals surface area contributed by atoms with Crippen molar-refractivity contribution in [2.75, 3.05) is 27.9 Å². The van der Waals surface area contributed by atoms with Gasteiger partial charge in [-0.25, -0.2) is 9.88 Å². The maximum absolute atomic E-state index is 13.1. The van der Waals surface area contributed by atoms with E-state index in [-0.39, 0.29) is 27.2 Å². The van der Waals surface area contributed by atoms with E-state index in [9.17, 15) is 19.6 Å². The molecule has 0 spiro atoms. The summed E-state index contributed by atoms with van der Waals surface area (Å²) in [4.78, 5) is 44.1. The van der Waals surface area contributed by atoms with Gasteiger partial charge in [-0.15, -0.1) is 11.3 Å². The molecule has 0 bridgehead atoms. The maximum Gasteiger partial charge on any atom is 0.283 e. The molecule has 0 saturated heterocycles. The molecule has 3 amide bonds. The molecule has 0 radical (unpaired) electrons. The fourth-order valence-corrected chi connectivity index (χ4v) is 4.78. The van der Waals surface area contributed by atoms with E-state index < -0.39 is 17.7 Å². The molecule has 202 valence electrons. The molecule has 0 fully saturated rings. The van der Waals surface area contributed by atoms with E-state index in [1.807, 2.05) is 0 Å². The van der Waals surface area contributed by atoms with E-state index >= 15 is 0 Å². The normalized spacial score (nSPS) is 13.1. The minimum atomic E-state index is -0.677. The molecule has 1 aliphatic rings. The molecule has 2 heterocycles. The average Bonchev–Trinajstić information content (AvgIpc) is 3.51. The number of aromatic nitrogens is 1. The van der Waals surface area contributed by atoms with Gasteiger partial charge in [0.2, 0.25) is 0 Å². The van der Waals surface area contributed by atoms with Gasteiger partial charge in [-0.05, 0) is 54.6 Å². The number of benzene rings is 3. The van der Waals surface area contributed by atoms with Gasteiger partial charge in [0.25, 0.3) is 17.7 Å². The molecule has 11 nitrogen and oxygen atoms in total. The third kappa shape index (κ3) is 5.37. The number of ether oxygens (including phenoxy) is 1. The van der Waals surface area contributed by atoms with Gasteiger partial charge >= 0.3 is 0 Å². The quantitative estimate of drug-likeness (QED) is 0.190. The van der Waals surface area contributed by atoms with E-state index in [4.69, 9.17) is 21.5 Å². The van der Waals surface area contributed by atoms with Crippen molar-refractivity contribution in [3.63, 3.8) is 0 Å². The lowest BCUT2D eigenvalue weighted by Gasteiger charge is -2.21. The number of amides is 3. The molecule has 5 rings (SSSR count). The zero-order valence-electron chi connectivity index (χ0n) is 20.6. The highest BCUT2D eigenvalue weighted by atomic mass is 35.5. The summed E-state index contributed by atoms with van der Waals surface area (Å²) < 4.78 is 5.12. The van der Waals surface area contributed by atoms with Gasteiger partial charge in [0, 0.05) is 22.2 Å². The summed E-state index contributed by atoms with van der Waals surface area (Å²) in [6.45, 7) is 0. The first kappa shape index (κ1) is 26.8. The number of nitrogens with one attached hydrogen (secondary N) is 2. The van der Waals surface area contributed by atoms with Crippen LogP contribution in [0.4, 0.5) is 22.2 Å². The molecule has 0 unspecified atom stereocenters. The molecule has 4 aromatic rings. The van der Waals surface area contributed by atoms with Crippen LogP contribution in [0.1, 0.15) is 10.4 Å². The van der Waals surface area contributed by atoms with Crippen LogP contribution >= 0.6 is 22.9 Å². The summed E-state index contributed by atoms with van der Waals surface area (Å²) >= 11 is 7.44. The van der Waals surface area contributed by atoms with Gasteiger partial charge in [0.05, 0.1) is 24.2 Å². The molecule has 0 saturated carbocycles. The standard InChI is InChI=1S/C27H19ClN5O6S/c1-39-20-11-9-18(10-12-20)32-25(35)22(28)23(26(32)36)29-17-4-2-3-16(13-17)24(34)31-27-30-21(14-40-27)15-5-7-19(8-6-15)33(37)38/h2-14,29,37H,1H3,(H,30,31,34)/q-1. The number of imide groups is 1. The van der Waals surface area contributed by atoms with Crippen LogP contribution in [0.15, 0.2) is 88.9 Å². The first-order chi connectivity index (χ1) is 19.2. The van der Waals surface area contributed by atoms with Crippen molar-refractivity contribution in [1.82, 2.24) is 4.98 Å². The minimum Gasteiger partial charge on any atom is -0.733 e. The first-order valence-electron chi connectivity index (χ1n) is 11.6. The lowest BCUT2D eigenvalue weighted by Crippen LogP contribution is -2.32. The Kier molecular flexibility index (Phi) is 7.49. The second-order valence-electron chi connectivity index (χ2n) is 8.35. The number of anilines is 4. The Bertz CT molecular complexity index is 1640. The van der Waals surface area contributed by atoms with Crippen LogP contribution in [0.5, 0.6) is 5.75 Å². The number of halogens is 1. The Morgan fingerprint density at radius 2 is 1.80 bits per heavy atom. The summed E-state index contributed by atoms with van der Waals surface area (Å²) in [5, 5.41) is 27.1. The summed E-state index contributed by atoms with van der Waals surface area (Å²) in [5.74, 6) is -1.20. The number of carbonyl (C=O) groups is 3. The van der Waals surface area contributed by atoms with Crippen molar-refractivity contribution >= 4 is 62.9 Å². The Balaban J connectivity index is 1.28. The van der Waals surface area contributed by atoms with E-state index in [1.165, 1.54) is 36.6 Å². The Morgan fingerprint density at radius 3 is 2.48 bits per heavy atom. The topological polar surface area (TPSA) is 147 Å². The molecule has 3 aromatic carbocycles. The van der Waals surface area contributed by atoms with E-state index in [2.05, 4.69) is 15.6 Å². The molecule has 3 N–H and O–H groups in total. The average molecular weight is 577 g/mol. The SMILES string of the molecule is COc1ccc(N2C(=O)C(Cl)=C(Nc3cccc(C(=O)Nc4nc(-c5ccc(N([O-])O)cc5)cs4)c3)C2=O)cc1. The largest absolute Gasteiger partial charge is 0.733 e. The van der Waals surface area contributed by atoms with Crippen molar-refractivity contribution in [3.05, 3.63) is 99.7 Å². The second-order valence-corrected chi connectivity index (χ2v) is 9.59. The molecule has 40 heavy (non-hydrogen) atoms. The smallest absolute Gasteiger partial charge is 0.283 e. The molecule has 1 aliphatic heterocycles. The number of hydrogen-bond donors (Lipinski definition) is 3. The Morgan fingerprint density at radius 1 is 1.07 bits per heavy atom. The third-order valence-electron chi connectivity index (χ3n) is 5.86.